The Hall–Kier alpha value is -2.89. The highest BCUT2D eigenvalue weighted by Gasteiger charge is 2.44. The summed E-state index contributed by atoms with van der Waals surface area (Å²) < 4.78 is 13.5. The van der Waals surface area contributed by atoms with Gasteiger partial charge in [-0.2, -0.15) is 0 Å². The Kier molecular flexibility index (Phi) is 3.90. The molecule has 26 heavy (non-hydrogen) atoms. The third-order valence-electron chi connectivity index (χ3n) is 5.45. The fourth-order valence-electron chi connectivity index (χ4n) is 3.88. The van der Waals surface area contributed by atoms with E-state index in [-0.39, 0.29) is 11.8 Å². The van der Waals surface area contributed by atoms with Crippen LogP contribution in [0.1, 0.15) is 33.6 Å². The van der Waals surface area contributed by atoms with Crippen LogP contribution in [-0.4, -0.2) is 42.5 Å². The Morgan fingerprint density at radius 3 is 2.50 bits per heavy atom. The molecule has 2 aromatic carbocycles. The fourth-order valence-corrected chi connectivity index (χ4v) is 3.88. The maximum Gasteiger partial charge on any atom is 0.255 e. The molecule has 4 rings (SSSR count). The topological polar surface area (TPSA) is 52.7 Å². The summed E-state index contributed by atoms with van der Waals surface area (Å²) in [4.78, 5) is 29.0. The molecule has 0 bridgehead atoms. The van der Waals surface area contributed by atoms with Crippen molar-refractivity contribution in [2.45, 2.75) is 18.5 Å². The number of hydrogen-bond acceptors (Lipinski definition) is 3. The maximum atomic E-state index is 13.5. The zero-order valence-corrected chi connectivity index (χ0v) is 14.5. The van der Waals surface area contributed by atoms with Crippen molar-refractivity contribution in [3.63, 3.8) is 0 Å². The number of fused-ring (bicyclic) bond motifs is 1. The number of anilines is 1. The van der Waals surface area contributed by atoms with Crippen LogP contribution in [0.3, 0.4) is 0 Å². The first-order chi connectivity index (χ1) is 12.5. The molecule has 1 N–H and O–H groups in total. The number of carbonyl (C=O) groups is 2. The second kappa shape index (κ2) is 6.12. The molecule has 2 aliphatic heterocycles. The zero-order chi connectivity index (χ0) is 18.3. The second-order valence-electron chi connectivity index (χ2n) is 6.86. The lowest BCUT2D eigenvalue weighted by atomic mass is 9.90. The van der Waals surface area contributed by atoms with Crippen LogP contribution in [0.5, 0.6) is 0 Å². The Morgan fingerprint density at radius 2 is 1.81 bits per heavy atom. The number of nitrogens with one attached hydrogen (secondary N) is 1. The average molecular weight is 353 g/mol. The lowest BCUT2D eigenvalue weighted by Gasteiger charge is -2.51. The lowest BCUT2D eigenvalue weighted by molar-refractivity contribution is 0.0609. The van der Waals surface area contributed by atoms with Crippen molar-refractivity contribution in [1.29, 1.82) is 0 Å². The van der Waals surface area contributed by atoms with Crippen LogP contribution in [0.4, 0.5) is 10.1 Å². The van der Waals surface area contributed by atoms with E-state index in [2.05, 4.69) is 5.32 Å². The first-order valence-corrected chi connectivity index (χ1v) is 8.70. The van der Waals surface area contributed by atoms with Gasteiger partial charge in [-0.1, -0.05) is 18.2 Å². The minimum Gasteiger partial charge on any atom is -0.351 e. The summed E-state index contributed by atoms with van der Waals surface area (Å²) >= 11 is 0. The van der Waals surface area contributed by atoms with Crippen LogP contribution in [0, 0.1) is 5.82 Å². The van der Waals surface area contributed by atoms with E-state index in [9.17, 15) is 14.0 Å². The van der Waals surface area contributed by atoms with Gasteiger partial charge in [-0.05, 0) is 30.3 Å². The monoisotopic (exact) mass is 353 g/mol. The summed E-state index contributed by atoms with van der Waals surface area (Å²) in [5, 5.41) is 3.05. The van der Waals surface area contributed by atoms with Crippen LogP contribution in [0.2, 0.25) is 0 Å². The molecule has 5 nitrogen and oxygen atoms in total. The molecule has 0 atom stereocenters. The molecule has 0 saturated carbocycles. The zero-order valence-electron chi connectivity index (χ0n) is 14.5. The van der Waals surface area contributed by atoms with Gasteiger partial charge in [-0.25, -0.2) is 4.39 Å². The maximum absolute atomic E-state index is 13.5. The predicted octanol–water partition coefficient (Wildman–Crippen LogP) is 2.64. The van der Waals surface area contributed by atoms with E-state index in [0.717, 1.165) is 5.69 Å². The van der Waals surface area contributed by atoms with Gasteiger partial charge in [0.2, 0.25) is 0 Å². The smallest absolute Gasteiger partial charge is 0.255 e. The number of hydrogen-bond donors (Lipinski definition) is 1. The van der Waals surface area contributed by atoms with Gasteiger partial charge >= 0.3 is 0 Å². The highest BCUT2D eigenvalue weighted by atomic mass is 19.1. The van der Waals surface area contributed by atoms with Gasteiger partial charge < -0.3 is 15.1 Å². The number of nitrogens with zero attached hydrogens (tertiary/aromatic N) is 2. The van der Waals surface area contributed by atoms with Gasteiger partial charge in [-0.3, -0.25) is 9.59 Å². The van der Waals surface area contributed by atoms with Crippen molar-refractivity contribution in [2.24, 2.45) is 0 Å². The molecule has 1 fully saturated rings. The number of carbonyl (C=O) groups excluding carboxylic acids is 2. The van der Waals surface area contributed by atoms with Gasteiger partial charge in [-0.15, -0.1) is 0 Å². The van der Waals surface area contributed by atoms with E-state index >= 15 is 0 Å². The van der Waals surface area contributed by atoms with Gasteiger partial charge in [0.25, 0.3) is 11.8 Å². The van der Waals surface area contributed by atoms with Crippen LogP contribution in [0.15, 0.2) is 48.5 Å². The summed E-state index contributed by atoms with van der Waals surface area (Å²) in [6.07, 6.45) is 1.23. The van der Waals surface area contributed by atoms with E-state index in [1.165, 1.54) is 12.1 Å². The van der Waals surface area contributed by atoms with Crippen molar-refractivity contribution in [1.82, 2.24) is 10.2 Å². The highest BCUT2D eigenvalue weighted by Crippen LogP contribution is 2.36. The van der Waals surface area contributed by atoms with Crippen molar-refractivity contribution in [3.05, 3.63) is 65.5 Å². The normalized spacial score (nSPS) is 18.5. The Balaban J connectivity index is 1.54. The van der Waals surface area contributed by atoms with Gasteiger partial charge in [0.15, 0.2) is 0 Å². The van der Waals surface area contributed by atoms with Crippen LogP contribution < -0.4 is 10.2 Å². The van der Waals surface area contributed by atoms with Gasteiger partial charge in [0.1, 0.15) is 11.5 Å². The molecule has 0 aromatic heterocycles. The molecule has 1 spiro atoms. The fraction of sp³-hybridized carbons (Fsp3) is 0.300. The minimum absolute atomic E-state index is 0.00714. The Morgan fingerprint density at radius 1 is 1.12 bits per heavy atom. The summed E-state index contributed by atoms with van der Waals surface area (Å²) in [5.74, 6) is -0.681. The number of piperidine rings is 1. The molecule has 0 unspecified atom stereocenters. The van der Waals surface area contributed by atoms with E-state index in [1.807, 2.05) is 47.2 Å². The van der Waals surface area contributed by atoms with Crippen LogP contribution in [-0.2, 0) is 0 Å². The van der Waals surface area contributed by atoms with Crippen LogP contribution >= 0.6 is 0 Å². The largest absolute Gasteiger partial charge is 0.351 e. The van der Waals surface area contributed by atoms with Crippen molar-refractivity contribution < 1.29 is 14.0 Å². The third-order valence-corrected chi connectivity index (χ3v) is 5.45. The number of rotatable bonds is 1. The summed E-state index contributed by atoms with van der Waals surface area (Å²) in [6, 6.07) is 13.5. The minimum atomic E-state index is -0.546. The number of halogens is 1. The van der Waals surface area contributed by atoms with Crippen LogP contribution in [0.25, 0.3) is 0 Å². The van der Waals surface area contributed by atoms with E-state index in [4.69, 9.17) is 0 Å². The molecule has 2 amide bonds. The van der Waals surface area contributed by atoms with Gasteiger partial charge in [0, 0.05) is 38.5 Å². The SMILES string of the molecule is CN1c2ccc(F)cc2C(=O)NC12CCN(C(=O)c1ccccc1)CC2. The third kappa shape index (κ3) is 2.62. The second-order valence-corrected chi connectivity index (χ2v) is 6.86. The summed E-state index contributed by atoms with van der Waals surface area (Å²) in [6.45, 7) is 1.10. The molecular weight excluding hydrogens is 333 g/mol. The van der Waals surface area contributed by atoms with Crippen molar-refractivity contribution in [3.8, 4) is 0 Å². The Labute approximate surface area is 151 Å². The summed E-state index contributed by atoms with van der Waals surface area (Å²) in [5.41, 5.74) is 1.19. The first kappa shape index (κ1) is 16.6. The standard InChI is InChI=1S/C20H20FN3O2/c1-23-17-8-7-15(21)13-16(17)18(25)22-20(23)9-11-24(12-10-20)19(26)14-5-3-2-4-6-14/h2-8,13H,9-12H2,1H3,(H,22,25). The first-order valence-electron chi connectivity index (χ1n) is 8.70. The molecule has 2 aliphatic rings. The quantitative estimate of drug-likeness (QED) is 0.858. The molecule has 0 radical (unpaired) electrons. The average Bonchev–Trinajstić information content (AvgIpc) is 2.67. The highest BCUT2D eigenvalue weighted by molar-refractivity contribution is 6.02. The number of amides is 2. The summed E-state index contributed by atoms with van der Waals surface area (Å²) in [7, 11) is 1.91. The molecule has 1 saturated heterocycles. The Bertz CT molecular complexity index is 861. The van der Waals surface area contributed by atoms with E-state index in [0.29, 0.717) is 37.1 Å². The number of likely N-dealkylation sites (tertiary alicyclic amines) is 1. The molecule has 0 aliphatic carbocycles. The molecule has 2 aromatic rings. The van der Waals surface area contributed by atoms with Crippen molar-refractivity contribution in [2.75, 3.05) is 25.0 Å². The molecule has 2 heterocycles. The van der Waals surface area contributed by atoms with Gasteiger partial charge in [0.05, 0.1) is 11.3 Å². The number of benzene rings is 2. The van der Waals surface area contributed by atoms with Crippen molar-refractivity contribution >= 4 is 17.5 Å². The molecule has 6 heteroatoms. The predicted molar refractivity (Wildman–Crippen MR) is 96.6 cm³/mol. The molecular formula is C20H20FN3O2. The van der Waals surface area contributed by atoms with E-state index < -0.39 is 11.5 Å². The van der Waals surface area contributed by atoms with E-state index in [1.54, 1.807) is 6.07 Å². The molecule has 134 valence electrons. The lowest BCUT2D eigenvalue weighted by Crippen LogP contribution is -2.67.